The molecule has 2 heteroatoms. The van der Waals surface area contributed by atoms with E-state index >= 15 is 0 Å². The second-order valence-corrected chi connectivity index (χ2v) is 1.15. The number of benzene rings is 1. The summed E-state index contributed by atoms with van der Waals surface area (Å²) in [5.41, 5.74) is 0. The van der Waals surface area contributed by atoms with Crippen molar-refractivity contribution in [3.8, 4) is 0 Å². The fourth-order valence-corrected chi connectivity index (χ4v) is 0.385. The van der Waals surface area contributed by atoms with Crippen LogP contribution in [-0.4, -0.2) is 24.4 Å². The van der Waals surface area contributed by atoms with Crippen molar-refractivity contribution in [2.24, 2.45) is 0 Å². The van der Waals surface area contributed by atoms with E-state index in [1.165, 1.54) is 0 Å². The van der Waals surface area contributed by atoms with Gasteiger partial charge in [-0.3, -0.25) is 0 Å². The monoisotopic (exact) mass is 142 g/mol. The van der Waals surface area contributed by atoms with Gasteiger partial charge < -0.3 is 10.2 Å². The van der Waals surface area contributed by atoms with Gasteiger partial charge in [0.25, 0.3) is 0 Å². The summed E-state index contributed by atoms with van der Waals surface area (Å²) >= 11 is 0. The third-order valence-corrected chi connectivity index (χ3v) is 0.667. The Morgan fingerprint density at radius 1 is 0.500 bits per heavy atom. The Bertz CT molecular complexity index is 79.2. The van der Waals surface area contributed by atoms with Crippen molar-refractivity contribution >= 4 is 0 Å². The first kappa shape index (κ1) is 11.9. The van der Waals surface area contributed by atoms with E-state index in [0.29, 0.717) is 0 Å². The predicted molar refractivity (Wildman–Crippen MR) is 42.7 cm³/mol. The van der Waals surface area contributed by atoms with Gasteiger partial charge >= 0.3 is 0 Å². The zero-order chi connectivity index (χ0) is 8.24. The lowest BCUT2D eigenvalue weighted by Gasteiger charge is -1.69. The lowest BCUT2D eigenvalue weighted by atomic mass is 10.4. The molecule has 0 amide bonds. The first-order valence-electron chi connectivity index (χ1n) is 2.89. The molecular weight excluding hydrogens is 128 g/mol. The molecule has 0 heterocycles. The van der Waals surface area contributed by atoms with Gasteiger partial charge in [-0.2, -0.15) is 0 Å². The molecule has 0 aliphatic heterocycles. The molecule has 0 aliphatic carbocycles. The molecule has 0 aromatic heterocycles. The number of hydrogen-bond donors (Lipinski definition) is 2. The van der Waals surface area contributed by atoms with Crippen molar-refractivity contribution in [3.05, 3.63) is 36.4 Å². The van der Waals surface area contributed by atoms with Crippen LogP contribution in [0.2, 0.25) is 0 Å². The molecule has 0 spiro atoms. The number of hydrogen-bond acceptors (Lipinski definition) is 2. The van der Waals surface area contributed by atoms with Crippen molar-refractivity contribution in [3.63, 3.8) is 0 Å². The van der Waals surface area contributed by atoms with Gasteiger partial charge in [-0.05, 0) is 0 Å². The topological polar surface area (TPSA) is 40.5 Å². The Labute approximate surface area is 61.8 Å². The van der Waals surface area contributed by atoms with Crippen molar-refractivity contribution in [1.82, 2.24) is 0 Å². The maximum absolute atomic E-state index is 7.00. The van der Waals surface area contributed by atoms with Crippen molar-refractivity contribution < 1.29 is 10.2 Å². The van der Waals surface area contributed by atoms with Gasteiger partial charge in [0.1, 0.15) is 0 Å². The highest BCUT2D eigenvalue weighted by Gasteiger charge is 1.57. The molecule has 0 saturated heterocycles. The number of aliphatic hydroxyl groups excluding tert-OH is 2. The maximum atomic E-state index is 7.00. The lowest BCUT2D eigenvalue weighted by Crippen LogP contribution is -1.47. The van der Waals surface area contributed by atoms with Crippen LogP contribution in [0, 0.1) is 0 Å². The summed E-state index contributed by atoms with van der Waals surface area (Å²) in [6.07, 6.45) is 0. The second kappa shape index (κ2) is 15.7. The molecule has 0 aliphatic rings. The molecule has 58 valence electrons. The fraction of sp³-hybridized carbons (Fsp3) is 0.250. The third-order valence-electron chi connectivity index (χ3n) is 0.667. The van der Waals surface area contributed by atoms with E-state index in [-0.39, 0.29) is 0 Å². The molecular formula is C8H14O2. The minimum Gasteiger partial charge on any atom is -0.400 e. The zero-order valence-corrected chi connectivity index (χ0v) is 6.36. The van der Waals surface area contributed by atoms with E-state index in [9.17, 15) is 0 Å². The van der Waals surface area contributed by atoms with E-state index in [1.54, 1.807) is 0 Å². The van der Waals surface area contributed by atoms with Crippen molar-refractivity contribution in [2.45, 2.75) is 0 Å². The minimum absolute atomic E-state index is 1.00. The van der Waals surface area contributed by atoms with Crippen LogP contribution in [0.1, 0.15) is 0 Å². The molecule has 0 saturated carbocycles. The van der Waals surface area contributed by atoms with Gasteiger partial charge in [-0.1, -0.05) is 36.4 Å². The van der Waals surface area contributed by atoms with E-state index in [1.807, 2.05) is 36.4 Å². The Morgan fingerprint density at radius 2 is 0.600 bits per heavy atom. The van der Waals surface area contributed by atoms with Crippen molar-refractivity contribution in [1.29, 1.82) is 0 Å². The first-order chi connectivity index (χ1) is 5.00. The summed E-state index contributed by atoms with van der Waals surface area (Å²) in [5, 5.41) is 14.0. The molecule has 0 fully saturated rings. The molecule has 2 N–H and O–H groups in total. The van der Waals surface area contributed by atoms with Gasteiger partial charge in [0.2, 0.25) is 0 Å². The fourth-order valence-electron chi connectivity index (χ4n) is 0.385. The second-order valence-electron chi connectivity index (χ2n) is 1.15. The van der Waals surface area contributed by atoms with E-state index in [2.05, 4.69) is 0 Å². The van der Waals surface area contributed by atoms with E-state index < -0.39 is 0 Å². The smallest absolute Gasteiger partial charge is 0.0319 e. The van der Waals surface area contributed by atoms with Crippen LogP contribution in [0.15, 0.2) is 36.4 Å². The highest BCUT2D eigenvalue weighted by molar-refractivity contribution is 4.99. The molecule has 1 rings (SSSR count). The third kappa shape index (κ3) is 10.2. The molecule has 1 aromatic carbocycles. The SMILES string of the molecule is CO.CO.c1ccccc1. The van der Waals surface area contributed by atoms with E-state index in [4.69, 9.17) is 10.2 Å². The Balaban J connectivity index is 0. The Kier molecular flexibility index (Phi) is 18.7. The number of aliphatic hydroxyl groups is 2. The Hall–Kier alpha value is -0.860. The van der Waals surface area contributed by atoms with Crippen LogP contribution in [0.5, 0.6) is 0 Å². The molecule has 0 bridgehead atoms. The van der Waals surface area contributed by atoms with Crippen LogP contribution in [0.25, 0.3) is 0 Å². The zero-order valence-electron chi connectivity index (χ0n) is 6.36. The summed E-state index contributed by atoms with van der Waals surface area (Å²) in [6, 6.07) is 12.0. The quantitative estimate of drug-likeness (QED) is 0.565. The minimum atomic E-state index is 1.00. The van der Waals surface area contributed by atoms with Crippen LogP contribution < -0.4 is 0 Å². The number of rotatable bonds is 0. The van der Waals surface area contributed by atoms with Crippen molar-refractivity contribution in [2.75, 3.05) is 14.2 Å². The first-order valence-corrected chi connectivity index (χ1v) is 2.89. The average Bonchev–Trinajstić information content (AvgIpc) is 2.14. The van der Waals surface area contributed by atoms with Crippen LogP contribution in [-0.2, 0) is 0 Å². The van der Waals surface area contributed by atoms with Gasteiger partial charge in [0.05, 0.1) is 0 Å². The molecule has 10 heavy (non-hydrogen) atoms. The molecule has 2 nitrogen and oxygen atoms in total. The summed E-state index contributed by atoms with van der Waals surface area (Å²) in [6.45, 7) is 0. The van der Waals surface area contributed by atoms with Crippen LogP contribution in [0.3, 0.4) is 0 Å². The standard InChI is InChI=1S/C6H6.2CH4O/c1-2-4-6-5-3-1;2*1-2/h1-6H;2*2H,1H3. The largest absolute Gasteiger partial charge is 0.400 e. The van der Waals surface area contributed by atoms with Gasteiger partial charge in [0, 0.05) is 14.2 Å². The summed E-state index contributed by atoms with van der Waals surface area (Å²) in [7, 11) is 2.00. The van der Waals surface area contributed by atoms with Crippen LogP contribution >= 0.6 is 0 Å². The molecule has 0 unspecified atom stereocenters. The highest BCUT2D eigenvalue weighted by Crippen LogP contribution is 1.79. The molecule has 0 atom stereocenters. The molecule has 1 aromatic rings. The van der Waals surface area contributed by atoms with Gasteiger partial charge in [-0.15, -0.1) is 0 Å². The summed E-state index contributed by atoms with van der Waals surface area (Å²) in [5.74, 6) is 0. The van der Waals surface area contributed by atoms with Gasteiger partial charge in [-0.25, -0.2) is 0 Å². The highest BCUT2D eigenvalue weighted by atomic mass is 16.2. The lowest BCUT2D eigenvalue weighted by molar-refractivity contribution is 0.399. The Morgan fingerprint density at radius 3 is 0.700 bits per heavy atom. The van der Waals surface area contributed by atoms with Gasteiger partial charge in [0.15, 0.2) is 0 Å². The maximum Gasteiger partial charge on any atom is 0.0319 e. The summed E-state index contributed by atoms with van der Waals surface area (Å²) < 4.78 is 0. The molecule has 0 radical (unpaired) electrons. The predicted octanol–water partition coefficient (Wildman–Crippen LogP) is 0.904. The van der Waals surface area contributed by atoms with Crippen LogP contribution in [0.4, 0.5) is 0 Å². The normalized spacial score (nSPS) is 6.00. The average molecular weight is 142 g/mol. The van der Waals surface area contributed by atoms with E-state index in [0.717, 1.165) is 14.2 Å². The summed E-state index contributed by atoms with van der Waals surface area (Å²) in [4.78, 5) is 0.